The molecule has 0 radical (unpaired) electrons. The smallest absolute Gasteiger partial charge is 0.180 e. The highest BCUT2D eigenvalue weighted by Crippen LogP contribution is 1.94. The number of isothiocyanates is 1. The molecule has 3 nitrogen and oxygen atoms in total. The largest absolute Gasteiger partial charge is 0.451 e. The Bertz CT molecular complexity index is 213. The minimum atomic E-state index is 0.458. The molecule has 0 unspecified atom stereocenters. The summed E-state index contributed by atoms with van der Waals surface area (Å²) in [5.74, 6) is 0. The minimum Gasteiger partial charge on any atom is -0.451 e. The molecule has 0 fully saturated rings. The van der Waals surface area contributed by atoms with Crippen molar-refractivity contribution in [1.82, 2.24) is 4.98 Å². The summed E-state index contributed by atoms with van der Waals surface area (Å²) < 4.78 is 4.68. The van der Waals surface area contributed by atoms with Crippen LogP contribution in [0.3, 0.4) is 0 Å². The van der Waals surface area contributed by atoms with Crippen LogP contribution in [0.5, 0.6) is 0 Å². The zero-order chi connectivity index (χ0) is 6.53. The van der Waals surface area contributed by atoms with Crippen LogP contribution in [0.4, 0.5) is 0 Å². The Kier molecular flexibility index (Phi) is 2.13. The molecule has 0 bridgehead atoms. The van der Waals surface area contributed by atoms with E-state index in [2.05, 4.69) is 31.8 Å². The van der Waals surface area contributed by atoms with E-state index in [0.29, 0.717) is 6.54 Å². The Balaban J connectivity index is 2.57. The molecule has 9 heavy (non-hydrogen) atoms. The van der Waals surface area contributed by atoms with Gasteiger partial charge < -0.3 is 4.42 Å². The van der Waals surface area contributed by atoms with E-state index < -0.39 is 0 Å². The molecule has 0 aliphatic heterocycles. The summed E-state index contributed by atoms with van der Waals surface area (Å²) in [4.78, 5) is 7.46. The second-order valence-corrected chi connectivity index (χ2v) is 1.57. The molecule has 0 aliphatic rings. The van der Waals surface area contributed by atoms with Gasteiger partial charge >= 0.3 is 0 Å². The molecular weight excluding hydrogens is 136 g/mol. The second kappa shape index (κ2) is 3.12. The summed E-state index contributed by atoms with van der Waals surface area (Å²) in [7, 11) is 0. The first-order valence-electron chi connectivity index (χ1n) is 2.34. The third kappa shape index (κ3) is 1.76. The average molecular weight is 140 g/mol. The van der Waals surface area contributed by atoms with Crippen molar-refractivity contribution in [3.05, 3.63) is 18.4 Å². The minimum absolute atomic E-state index is 0.458. The molecule has 46 valence electrons. The van der Waals surface area contributed by atoms with Gasteiger partial charge in [0.15, 0.2) is 6.39 Å². The molecule has 0 spiro atoms. The van der Waals surface area contributed by atoms with E-state index in [-0.39, 0.29) is 0 Å². The fraction of sp³-hybridized carbons (Fsp3) is 0.200. The molecule has 1 rings (SSSR count). The lowest BCUT2D eigenvalue weighted by Gasteiger charge is -1.77. The maximum Gasteiger partial charge on any atom is 0.180 e. The Morgan fingerprint density at radius 3 is 3.33 bits per heavy atom. The normalized spacial score (nSPS) is 8.44. The van der Waals surface area contributed by atoms with Gasteiger partial charge in [-0.2, -0.15) is 0 Å². The van der Waals surface area contributed by atoms with E-state index >= 15 is 0 Å². The van der Waals surface area contributed by atoms with Crippen LogP contribution >= 0.6 is 12.2 Å². The number of rotatable bonds is 2. The third-order valence-corrected chi connectivity index (χ3v) is 0.918. The molecule has 0 saturated heterocycles. The molecule has 4 heteroatoms. The Morgan fingerprint density at radius 1 is 1.89 bits per heavy atom. The van der Waals surface area contributed by atoms with Crippen LogP contribution in [-0.2, 0) is 6.54 Å². The van der Waals surface area contributed by atoms with Crippen molar-refractivity contribution < 1.29 is 4.42 Å². The predicted molar refractivity (Wildman–Crippen MR) is 35.2 cm³/mol. The van der Waals surface area contributed by atoms with Gasteiger partial charge in [-0.05, 0) is 12.2 Å². The summed E-state index contributed by atoms with van der Waals surface area (Å²) >= 11 is 4.35. The summed E-state index contributed by atoms with van der Waals surface area (Å²) in [6, 6.07) is 0. The second-order valence-electron chi connectivity index (χ2n) is 1.39. The molecule has 0 N–H and O–H groups in total. The summed E-state index contributed by atoms with van der Waals surface area (Å²) in [6.45, 7) is 0.458. The van der Waals surface area contributed by atoms with Crippen LogP contribution in [0.25, 0.3) is 0 Å². The van der Waals surface area contributed by atoms with Crippen LogP contribution in [0.1, 0.15) is 5.69 Å². The van der Waals surface area contributed by atoms with Gasteiger partial charge in [0.25, 0.3) is 0 Å². The van der Waals surface area contributed by atoms with Gasteiger partial charge in [-0.25, -0.2) is 9.98 Å². The SMILES string of the molecule is S=C=NCc1cocn1. The van der Waals surface area contributed by atoms with Crippen molar-refractivity contribution in [1.29, 1.82) is 0 Å². The van der Waals surface area contributed by atoms with Gasteiger partial charge in [0, 0.05) is 0 Å². The fourth-order valence-corrected chi connectivity index (χ4v) is 0.493. The van der Waals surface area contributed by atoms with Crippen molar-refractivity contribution in [2.24, 2.45) is 4.99 Å². The zero-order valence-electron chi connectivity index (χ0n) is 4.57. The Labute approximate surface area is 57.4 Å². The predicted octanol–water partition coefficient (Wildman–Crippen LogP) is 1.28. The number of aromatic nitrogens is 1. The first-order chi connectivity index (χ1) is 4.43. The number of oxazole rings is 1. The van der Waals surface area contributed by atoms with Crippen molar-refractivity contribution >= 4 is 17.4 Å². The third-order valence-electron chi connectivity index (χ3n) is 0.789. The first kappa shape index (κ1) is 6.13. The maximum atomic E-state index is 4.68. The molecule has 1 aromatic rings. The van der Waals surface area contributed by atoms with Crippen LogP contribution in [0, 0.1) is 0 Å². The molecule has 0 saturated carbocycles. The highest BCUT2D eigenvalue weighted by atomic mass is 32.1. The van der Waals surface area contributed by atoms with Gasteiger partial charge in [0.1, 0.15) is 12.0 Å². The van der Waals surface area contributed by atoms with E-state index in [1.807, 2.05) is 0 Å². The number of thiocarbonyl (C=S) groups is 1. The van der Waals surface area contributed by atoms with E-state index in [1.165, 1.54) is 12.7 Å². The molecule has 0 atom stereocenters. The molecule has 0 aliphatic carbocycles. The Morgan fingerprint density at radius 2 is 2.78 bits per heavy atom. The number of aliphatic imine (C=N–C) groups is 1. The van der Waals surface area contributed by atoms with Crippen molar-refractivity contribution in [2.75, 3.05) is 0 Å². The molecule has 0 aromatic carbocycles. The van der Waals surface area contributed by atoms with E-state index in [1.54, 1.807) is 0 Å². The molecular formula is C5H4N2OS. The monoisotopic (exact) mass is 140 g/mol. The highest BCUT2D eigenvalue weighted by Gasteiger charge is 1.89. The van der Waals surface area contributed by atoms with Crippen LogP contribution in [0.2, 0.25) is 0 Å². The van der Waals surface area contributed by atoms with Gasteiger partial charge in [-0.15, -0.1) is 0 Å². The lowest BCUT2D eigenvalue weighted by molar-refractivity contribution is 0.556. The topological polar surface area (TPSA) is 38.4 Å². The lowest BCUT2D eigenvalue weighted by atomic mass is 10.5. The maximum absolute atomic E-state index is 4.68. The summed E-state index contributed by atoms with van der Waals surface area (Å²) in [6.07, 6.45) is 2.88. The van der Waals surface area contributed by atoms with Gasteiger partial charge in [0.2, 0.25) is 0 Å². The number of nitrogens with zero attached hydrogens (tertiary/aromatic N) is 2. The molecule has 1 heterocycles. The van der Waals surface area contributed by atoms with E-state index in [0.717, 1.165) is 5.69 Å². The fourth-order valence-electron chi connectivity index (χ4n) is 0.429. The molecule has 1 aromatic heterocycles. The molecule has 0 amide bonds. The zero-order valence-corrected chi connectivity index (χ0v) is 5.39. The van der Waals surface area contributed by atoms with Crippen molar-refractivity contribution in [3.8, 4) is 0 Å². The van der Waals surface area contributed by atoms with E-state index in [4.69, 9.17) is 0 Å². The summed E-state index contributed by atoms with van der Waals surface area (Å²) in [5, 5.41) is 2.23. The average Bonchev–Trinajstić information content (AvgIpc) is 2.34. The van der Waals surface area contributed by atoms with Crippen LogP contribution < -0.4 is 0 Å². The van der Waals surface area contributed by atoms with Gasteiger partial charge in [-0.1, -0.05) is 0 Å². The summed E-state index contributed by atoms with van der Waals surface area (Å²) in [5.41, 5.74) is 0.771. The van der Waals surface area contributed by atoms with Gasteiger partial charge in [-0.3, -0.25) is 0 Å². The van der Waals surface area contributed by atoms with Crippen molar-refractivity contribution in [2.45, 2.75) is 6.54 Å². The van der Waals surface area contributed by atoms with Crippen LogP contribution in [0.15, 0.2) is 22.1 Å². The highest BCUT2D eigenvalue weighted by molar-refractivity contribution is 7.78. The Hall–Kier alpha value is -0.990. The van der Waals surface area contributed by atoms with Crippen LogP contribution in [-0.4, -0.2) is 10.1 Å². The first-order valence-corrected chi connectivity index (χ1v) is 2.75. The number of hydrogen-bond donors (Lipinski definition) is 0. The quantitative estimate of drug-likeness (QED) is 0.458. The number of hydrogen-bond acceptors (Lipinski definition) is 4. The standard InChI is InChI=1S/C5H4N2OS/c9-4-6-1-5-2-8-3-7-5/h2-3H,1H2. The van der Waals surface area contributed by atoms with E-state index in [9.17, 15) is 0 Å². The lowest BCUT2D eigenvalue weighted by Crippen LogP contribution is -1.76. The van der Waals surface area contributed by atoms with Crippen molar-refractivity contribution in [3.63, 3.8) is 0 Å². The van der Waals surface area contributed by atoms with Gasteiger partial charge in [0.05, 0.1) is 11.7 Å².